The molecule has 3 nitrogen and oxygen atoms in total. The lowest BCUT2D eigenvalue weighted by atomic mass is 9.82. The van der Waals surface area contributed by atoms with Gasteiger partial charge in [-0.15, -0.1) is 5.10 Å². The molecule has 3 heteroatoms. The highest BCUT2D eigenvalue weighted by Crippen LogP contribution is 2.49. The van der Waals surface area contributed by atoms with E-state index in [1.807, 2.05) is 13.2 Å². The summed E-state index contributed by atoms with van der Waals surface area (Å²) in [6.45, 7) is 4.58. The molecule has 0 amide bonds. The molecule has 0 bridgehead atoms. The number of nitrogens with zero attached hydrogens (tertiary/aromatic N) is 3. The lowest BCUT2D eigenvalue weighted by Crippen LogP contribution is -2.14. The van der Waals surface area contributed by atoms with E-state index in [1.54, 1.807) is 4.68 Å². The van der Waals surface area contributed by atoms with Crippen molar-refractivity contribution in [2.45, 2.75) is 19.3 Å². The molecular formula is C18H17N3. The maximum atomic E-state index is 4.22. The Hall–Kier alpha value is -2.42. The molecule has 0 atom stereocenters. The summed E-state index contributed by atoms with van der Waals surface area (Å²) in [5.74, 6) is 0. The number of rotatable bonds is 1. The van der Waals surface area contributed by atoms with Gasteiger partial charge in [0.1, 0.15) is 5.69 Å². The lowest BCUT2D eigenvalue weighted by Gasteiger charge is -2.21. The van der Waals surface area contributed by atoms with Crippen LogP contribution in [-0.4, -0.2) is 15.0 Å². The molecular weight excluding hydrogens is 258 g/mol. The highest BCUT2D eigenvalue weighted by Gasteiger charge is 2.35. The van der Waals surface area contributed by atoms with Crippen molar-refractivity contribution in [3.05, 3.63) is 59.8 Å². The number of aromatic nitrogens is 3. The fourth-order valence-electron chi connectivity index (χ4n) is 3.34. The van der Waals surface area contributed by atoms with Crippen molar-refractivity contribution < 1.29 is 0 Å². The van der Waals surface area contributed by atoms with Crippen LogP contribution in [0.3, 0.4) is 0 Å². The molecule has 0 saturated carbocycles. The maximum Gasteiger partial charge on any atom is 0.113 e. The molecule has 0 fully saturated rings. The summed E-state index contributed by atoms with van der Waals surface area (Å²) < 4.78 is 1.74. The molecule has 0 saturated heterocycles. The molecule has 0 N–H and O–H groups in total. The van der Waals surface area contributed by atoms with Crippen molar-refractivity contribution in [3.63, 3.8) is 0 Å². The highest BCUT2D eigenvalue weighted by molar-refractivity contribution is 5.82. The number of fused-ring (bicyclic) bond motifs is 3. The van der Waals surface area contributed by atoms with Gasteiger partial charge in [-0.2, -0.15) is 0 Å². The average molecular weight is 275 g/mol. The Balaban J connectivity index is 1.93. The Bertz CT molecular complexity index is 843. The zero-order chi connectivity index (χ0) is 14.6. The predicted octanol–water partition coefficient (Wildman–Crippen LogP) is 3.79. The van der Waals surface area contributed by atoms with E-state index in [-0.39, 0.29) is 5.41 Å². The van der Waals surface area contributed by atoms with Gasteiger partial charge in [-0.25, -0.2) is 0 Å². The Morgan fingerprint density at radius 3 is 2.48 bits per heavy atom. The van der Waals surface area contributed by atoms with Gasteiger partial charge in [0.15, 0.2) is 0 Å². The smallest absolute Gasteiger partial charge is 0.113 e. The monoisotopic (exact) mass is 275 g/mol. The summed E-state index contributed by atoms with van der Waals surface area (Å²) >= 11 is 0. The van der Waals surface area contributed by atoms with Gasteiger partial charge < -0.3 is 0 Å². The molecule has 0 unspecified atom stereocenters. The van der Waals surface area contributed by atoms with E-state index in [0.29, 0.717) is 0 Å². The molecule has 21 heavy (non-hydrogen) atoms. The normalized spacial score (nSPS) is 14.8. The van der Waals surface area contributed by atoms with E-state index in [4.69, 9.17) is 0 Å². The third-order valence-electron chi connectivity index (χ3n) is 4.48. The van der Waals surface area contributed by atoms with Crippen LogP contribution in [0.2, 0.25) is 0 Å². The van der Waals surface area contributed by atoms with E-state index in [0.717, 1.165) is 11.3 Å². The molecule has 104 valence electrons. The first-order valence-electron chi connectivity index (χ1n) is 7.18. The molecule has 1 aliphatic carbocycles. The van der Waals surface area contributed by atoms with Crippen molar-refractivity contribution in [1.29, 1.82) is 0 Å². The zero-order valence-electron chi connectivity index (χ0n) is 12.5. The van der Waals surface area contributed by atoms with Crippen LogP contribution in [0.15, 0.2) is 48.7 Å². The summed E-state index contributed by atoms with van der Waals surface area (Å²) in [7, 11) is 1.89. The predicted molar refractivity (Wildman–Crippen MR) is 84.0 cm³/mol. The zero-order valence-corrected chi connectivity index (χ0v) is 12.5. The largest absolute Gasteiger partial charge is 0.255 e. The lowest BCUT2D eigenvalue weighted by molar-refractivity contribution is 0.660. The van der Waals surface area contributed by atoms with Crippen LogP contribution in [-0.2, 0) is 12.5 Å². The van der Waals surface area contributed by atoms with E-state index < -0.39 is 0 Å². The molecule has 2 aromatic carbocycles. The SMILES string of the molecule is Cn1cc(-c2ccc3c(c2)C(C)(C)c2ccccc2-3)nn1. The number of hydrogen-bond acceptors (Lipinski definition) is 2. The fraction of sp³-hybridized carbons (Fsp3) is 0.222. The van der Waals surface area contributed by atoms with Crippen molar-refractivity contribution >= 4 is 0 Å². The van der Waals surface area contributed by atoms with E-state index in [9.17, 15) is 0 Å². The number of benzene rings is 2. The minimum Gasteiger partial charge on any atom is -0.255 e. The van der Waals surface area contributed by atoms with Crippen LogP contribution in [0, 0.1) is 0 Å². The Kier molecular flexibility index (Phi) is 2.37. The van der Waals surface area contributed by atoms with E-state index >= 15 is 0 Å². The van der Waals surface area contributed by atoms with Crippen LogP contribution in [0.1, 0.15) is 25.0 Å². The van der Waals surface area contributed by atoms with Crippen molar-refractivity contribution in [2.24, 2.45) is 7.05 Å². The van der Waals surface area contributed by atoms with Gasteiger partial charge in [-0.1, -0.05) is 55.5 Å². The van der Waals surface area contributed by atoms with Gasteiger partial charge >= 0.3 is 0 Å². The standard InChI is InChI=1S/C18H17N3/c1-18(2)15-7-5-4-6-13(15)14-9-8-12(10-16(14)18)17-11-21(3)20-19-17/h4-11H,1-3H3. The van der Waals surface area contributed by atoms with Crippen LogP contribution in [0.5, 0.6) is 0 Å². The summed E-state index contributed by atoms with van der Waals surface area (Å²) in [5.41, 5.74) is 7.54. The minimum absolute atomic E-state index is 0.0319. The second-order valence-corrected chi connectivity index (χ2v) is 6.21. The Morgan fingerprint density at radius 2 is 1.71 bits per heavy atom. The molecule has 1 aromatic heterocycles. The third-order valence-corrected chi connectivity index (χ3v) is 4.48. The van der Waals surface area contributed by atoms with Gasteiger partial charge in [0.25, 0.3) is 0 Å². The topological polar surface area (TPSA) is 30.7 Å². The van der Waals surface area contributed by atoms with Gasteiger partial charge in [0, 0.05) is 18.0 Å². The quantitative estimate of drug-likeness (QED) is 0.676. The summed E-state index contributed by atoms with van der Waals surface area (Å²) in [5, 5.41) is 8.25. The summed E-state index contributed by atoms with van der Waals surface area (Å²) in [6.07, 6.45) is 1.96. The second-order valence-electron chi connectivity index (χ2n) is 6.21. The first-order chi connectivity index (χ1) is 10.1. The van der Waals surface area contributed by atoms with Crippen LogP contribution in [0.4, 0.5) is 0 Å². The first kappa shape index (κ1) is 12.3. The van der Waals surface area contributed by atoms with Crippen molar-refractivity contribution in [2.75, 3.05) is 0 Å². The molecule has 1 heterocycles. The van der Waals surface area contributed by atoms with Gasteiger partial charge in [0.2, 0.25) is 0 Å². The van der Waals surface area contributed by atoms with Crippen LogP contribution in [0.25, 0.3) is 22.4 Å². The fourth-order valence-corrected chi connectivity index (χ4v) is 3.34. The van der Waals surface area contributed by atoms with E-state index in [2.05, 4.69) is 66.6 Å². The summed E-state index contributed by atoms with van der Waals surface area (Å²) in [6, 6.07) is 15.3. The molecule has 0 aliphatic heterocycles. The molecule has 4 rings (SSSR count). The first-order valence-corrected chi connectivity index (χ1v) is 7.18. The van der Waals surface area contributed by atoms with E-state index in [1.165, 1.54) is 22.3 Å². The van der Waals surface area contributed by atoms with Crippen molar-refractivity contribution in [1.82, 2.24) is 15.0 Å². The number of aryl methyl sites for hydroxylation is 1. The minimum atomic E-state index is 0.0319. The summed E-state index contributed by atoms with van der Waals surface area (Å²) in [4.78, 5) is 0. The Morgan fingerprint density at radius 1 is 0.952 bits per heavy atom. The molecule has 0 radical (unpaired) electrons. The van der Waals surface area contributed by atoms with Gasteiger partial charge in [-0.05, 0) is 28.3 Å². The molecule has 0 spiro atoms. The van der Waals surface area contributed by atoms with Crippen LogP contribution < -0.4 is 0 Å². The second kappa shape index (κ2) is 4.04. The van der Waals surface area contributed by atoms with Crippen LogP contribution >= 0.6 is 0 Å². The third kappa shape index (κ3) is 1.67. The molecule has 1 aliphatic rings. The number of hydrogen-bond donors (Lipinski definition) is 0. The highest BCUT2D eigenvalue weighted by atomic mass is 15.4. The Labute approximate surface area is 124 Å². The average Bonchev–Trinajstić information content (AvgIpc) is 3.01. The molecule has 3 aromatic rings. The van der Waals surface area contributed by atoms with Crippen molar-refractivity contribution in [3.8, 4) is 22.4 Å². The van der Waals surface area contributed by atoms with Gasteiger partial charge in [-0.3, -0.25) is 4.68 Å². The maximum absolute atomic E-state index is 4.22. The van der Waals surface area contributed by atoms with Gasteiger partial charge in [0.05, 0.1) is 6.20 Å².